The number of carbonyl (C=O) groups is 3. The van der Waals surface area contributed by atoms with Crippen molar-refractivity contribution in [1.82, 2.24) is 15.1 Å². The van der Waals surface area contributed by atoms with Crippen molar-refractivity contribution in [1.29, 1.82) is 0 Å². The van der Waals surface area contributed by atoms with E-state index in [1.54, 1.807) is 17.1 Å². The van der Waals surface area contributed by atoms with E-state index in [4.69, 9.17) is 0 Å². The third-order valence-electron chi connectivity index (χ3n) is 5.28. The molecule has 2 N–H and O–H groups in total. The molecule has 3 rings (SSSR count). The second-order valence-electron chi connectivity index (χ2n) is 7.10. The molecular weight excluding hydrogens is 346 g/mol. The molecule has 1 heterocycles. The van der Waals surface area contributed by atoms with Crippen LogP contribution in [0.5, 0.6) is 0 Å². The minimum absolute atomic E-state index is 0.0550. The van der Waals surface area contributed by atoms with Crippen molar-refractivity contribution >= 4 is 17.8 Å². The van der Waals surface area contributed by atoms with E-state index < -0.39 is 11.4 Å². The number of benzene rings is 1. The molecule has 0 radical (unpaired) electrons. The molecule has 0 unspecified atom stereocenters. The highest BCUT2D eigenvalue weighted by molar-refractivity contribution is 6.02. The van der Waals surface area contributed by atoms with Crippen LogP contribution in [0.15, 0.2) is 42.5 Å². The summed E-state index contributed by atoms with van der Waals surface area (Å²) in [6, 6.07) is 9.72. The molecule has 1 aromatic carbocycles. The third kappa shape index (κ3) is 4.36. The van der Waals surface area contributed by atoms with Crippen LogP contribution < -0.4 is 5.32 Å². The smallest absolute Gasteiger partial charge is 0.319 e. The number of rotatable bonds is 6. The second kappa shape index (κ2) is 8.35. The van der Waals surface area contributed by atoms with Gasteiger partial charge in [-0.15, -0.1) is 0 Å². The fourth-order valence-corrected chi connectivity index (χ4v) is 3.56. The summed E-state index contributed by atoms with van der Waals surface area (Å²) in [5.41, 5.74) is -0.291. The molecule has 27 heavy (non-hydrogen) atoms. The van der Waals surface area contributed by atoms with Crippen LogP contribution in [0.25, 0.3) is 0 Å². The molecule has 1 aliphatic carbocycles. The number of hydrogen-bond acceptors (Lipinski definition) is 4. The zero-order valence-corrected chi connectivity index (χ0v) is 15.3. The predicted octanol–water partition coefficient (Wildman–Crippen LogP) is 0.868. The largest absolute Gasteiger partial charge is 0.480 e. The van der Waals surface area contributed by atoms with Crippen LogP contribution in [0.1, 0.15) is 18.4 Å². The summed E-state index contributed by atoms with van der Waals surface area (Å²) >= 11 is 0. The normalized spacial score (nSPS) is 19.0. The van der Waals surface area contributed by atoms with Gasteiger partial charge in [0.25, 0.3) is 0 Å². The topological polar surface area (TPSA) is 90.0 Å². The van der Waals surface area contributed by atoms with Gasteiger partial charge >= 0.3 is 5.97 Å². The van der Waals surface area contributed by atoms with Gasteiger partial charge in [-0.2, -0.15) is 0 Å². The van der Waals surface area contributed by atoms with Gasteiger partial charge in [0.2, 0.25) is 11.8 Å². The quantitative estimate of drug-likeness (QED) is 0.572. The molecule has 0 bridgehead atoms. The Kier molecular flexibility index (Phi) is 5.91. The zero-order valence-electron chi connectivity index (χ0n) is 15.3. The Bertz CT molecular complexity index is 716. The van der Waals surface area contributed by atoms with Crippen molar-refractivity contribution in [3.63, 3.8) is 0 Å². The Hall–Kier alpha value is -2.67. The first-order chi connectivity index (χ1) is 13.0. The van der Waals surface area contributed by atoms with Crippen LogP contribution >= 0.6 is 0 Å². The maximum Gasteiger partial charge on any atom is 0.319 e. The molecule has 7 heteroatoms. The number of nitrogens with one attached hydrogen (secondary N) is 1. The number of carboxylic acid groups (broad SMARTS) is 1. The number of allylic oxidation sites excluding steroid dienone is 2. The molecule has 144 valence electrons. The molecule has 2 amide bonds. The number of carbonyl (C=O) groups excluding carboxylic acids is 2. The minimum Gasteiger partial charge on any atom is -0.480 e. The standard InChI is InChI=1S/C20H25N3O4/c24-17(21-14-16-6-2-1-3-7-16)15-22-10-12-23(13-11-22)18(25)20(19(26)27)8-4-5-9-20/h1-7H,8-15H2,(H,21,24)(H,26,27). The van der Waals surface area contributed by atoms with E-state index in [0.717, 1.165) is 5.56 Å². The molecule has 1 fully saturated rings. The van der Waals surface area contributed by atoms with Gasteiger partial charge in [0.1, 0.15) is 0 Å². The molecule has 1 saturated heterocycles. The Morgan fingerprint density at radius 3 is 2.22 bits per heavy atom. The van der Waals surface area contributed by atoms with E-state index in [1.165, 1.54) is 0 Å². The maximum atomic E-state index is 12.8. The monoisotopic (exact) mass is 371 g/mol. The van der Waals surface area contributed by atoms with Gasteiger partial charge in [0, 0.05) is 32.7 Å². The van der Waals surface area contributed by atoms with Crippen LogP contribution in [0, 0.1) is 5.41 Å². The van der Waals surface area contributed by atoms with Crippen LogP contribution in [-0.4, -0.2) is 65.4 Å². The van der Waals surface area contributed by atoms with Crippen molar-refractivity contribution in [2.75, 3.05) is 32.7 Å². The highest BCUT2D eigenvalue weighted by atomic mass is 16.4. The number of carboxylic acids is 1. The molecule has 7 nitrogen and oxygen atoms in total. The second-order valence-corrected chi connectivity index (χ2v) is 7.10. The van der Waals surface area contributed by atoms with Crippen LogP contribution in [-0.2, 0) is 20.9 Å². The lowest BCUT2D eigenvalue weighted by atomic mass is 9.83. The van der Waals surface area contributed by atoms with Gasteiger partial charge in [0.15, 0.2) is 5.41 Å². The van der Waals surface area contributed by atoms with Crippen molar-refractivity contribution in [3.05, 3.63) is 48.0 Å². The molecule has 0 spiro atoms. The first-order valence-corrected chi connectivity index (χ1v) is 9.22. The van der Waals surface area contributed by atoms with Gasteiger partial charge in [0.05, 0.1) is 6.54 Å². The van der Waals surface area contributed by atoms with Crippen LogP contribution in [0.3, 0.4) is 0 Å². The molecule has 1 aliphatic heterocycles. The highest BCUT2D eigenvalue weighted by Crippen LogP contribution is 2.36. The predicted molar refractivity (Wildman–Crippen MR) is 99.8 cm³/mol. The van der Waals surface area contributed by atoms with Gasteiger partial charge in [-0.05, 0) is 18.4 Å². The van der Waals surface area contributed by atoms with E-state index in [1.807, 2.05) is 35.2 Å². The third-order valence-corrected chi connectivity index (χ3v) is 5.28. The van der Waals surface area contributed by atoms with Crippen molar-refractivity contribution in [3.8, 4) is 0 Å². The molecule has 2 aliphatic rings. The lowest BCUT2D eigenvalue weighted by Crippen LogP contribution is -2.55. The van der Waals surface area contributed by atoms with Crippen LogP contribution in [0.2, 0.25) is 0 Å². The molecule has 0 saturated carbocycles. The Morgan fingerprint density at radius 1 is 1.00 bits per heavy atom. The lowest BCUT2D eigenvalue weighted by Gasteiger charge is -2.38. The summed E-state index contributed by atoms with van der Waals surface area (Å²) in [5, 5.41) is 12.4. The summed E-state index contributed by atoms with van der Waals surface area (Å²) in [5.74, 6) is -1.42. The van der Waals surface area contributed by atoms with E-state index >= 15 is 0 Å². The Morgan fingerprint density at radius 2 is 1.63 bits per heavy atom. The lowest BCUT2D eigenvalue weighted by molar-refractivity contribution is -0.160. The van der Waals surface area contributed by atoms with Crippen LogP contribution in [0.4, 0.5) is 0 Å². The van der Waals surface area contributed by atoms with E-state index in [2.05, 4.69) is 5.32 Å². The average Bonchev–Trinajstić information content (AvgIpc) is 3.19. The fraction of sp³-hybridized carbons (Fsp3) is 0.450. The van der Waals surface area contributed by atoms with Crippen molar-refractivity contribution in [2.24, 2.45) is 5.41 Å². The van der Waals surface area contributed by atoms with Crippen molar-refractivity contribution in [2.45, 2.75) is 19.4 Å². The maximum absolute atomic E-state index is 12.8. The Balaban J connectivity index is 1.45. The number of aliphatic carboxylic acids is 1. The van der Waals surface area contributed by atoms with E-state index in [-0.39, 0.29) is 31.2 Å². The number of nitrogens with zero attached hydrogens (tertiary/aromatic N) is 2. The van der Waals surface area contributed by atoms with Gasteiger partial charge in [-0.1, -0.05) is 42.5 Å². The first-order valence-electron chi connectivity index (χ1n) is 9.22. The SMILES string of the molecule is O=C(CN1CCN(C(=O)C2(C(=O)O)CC=CC2)CC1)NCc1ccccc1. The molecule has 0 aromatic heterocycles. The Labute approximate surface area is 158 Å². The summed E-state index contributed by atoms with van der Waals surface area (Å²) in [4.78, 5) is 40.2. The van der Waals surface area contributed by atoms with Gasteiger partial charge in [-0.25, -0.2) is 0 Å². The fourth-order valence-electron chi connectivity index (χ4n) is 3.56. The number of piperazine rings is 1. The summed E-state index contributed by atoms with van der Waals surface area (Å²) in [7, 11) is 0. The summed E-state index contributed by atoms with van der Waals surface area (Å²) in [6.45, 7) is 2.79. The molecular formula is C20H25N3O4. The van der Waals surface area contributed by atoms with Gasteiger partial charge < -0.3 is 15.3 Å². The minimum atomic E-state index is -1.34. The number of hydrogen-bond donors (Lipinski definition) is 2. The summed E-state index contributed by atoms with van der Waals surface area (Å²) in [6.07, 6.45) is 4.03. The highest BCUT2D eigenvalue weighted by Gasteiger charge is 2.48. The number of amides is 2. The zero-order chi connectivity index (χ0) is 19.3. The molecule has 1 aromatic rings. The summed E-state index contributed by atoms with van der Waals surface area (Å²) < 4.78 is 0. The van der Waals surface area contributed by atoms with E-state index in [0.29, 0.717) is 32.7 Å². The first kappa shape index (κ1) is 19.1. The van der Waals surface area contributed by atoms with Crippen molar-refractivity contribution < 1.29 is 19.5 Å². The van der Waals surface area contributed by atoms with E-state index in [9.17, 15) is 19.5 Å². The molecule has 0 atom stereocenters. The van der Waals surface area contributed by atoms with Gasteiger partial charge in [-0.3, -0.25) is 19.3 Å². The average molecular weight is 371 g/mol.